The molecule has 2 aromatic heterocycles. The van der Waals surface area contributed by atoms with Crippen LogP contribution in [0.3, 0.4) is 0 Å². The second-order valence-electron chi connectivity index (χ2n) is 8.56. The van der Waals surface area contributed by atoms with Gasteiger partial charge in [-0.25, -0.2) is 4.98 Å². The van der Waals surface area contributed by atoms with Crippen LogP contribution < -0.4 is 0 Å². The highest BCUT2D eigenvalue weighted by Crippen LogP contribution is 2.46. The van der Waals surface area contributed by atoms with E-state index in [1.807, 2.05) is 41.9 Å². The summed E-state index contributed by atoms with van der Waals surface area (Å²) < 4.78 is 2.11. The number of aromatic nitrogens is 2. The molecule has 0 aromatic carbocycles. The molecule has 2 aromatic rings. The van der Waals surface area contributed by atoms with Gasteiger partial charge in [-0.1, -0.05) is 0 Å². The molecule has 8 heteroatoms. The molecule has 4 rings (SSSR count). The first-order chi connectivity index (χ1) is 13.9. The number of hydrogen-bond donors (Lipinski definition) is 1. The van der Waals surface area contributed by atoms with Gasteiger partial charge in [0.05, 0.1) is 12.1 Å². The number of amides is 1. The summed E-state index contributed by atoms with van der Waals surface area (Å²) >= 11 is 1.61. The Morgan fingerprint density at radius 2 is 2.17 bits per heavy atom. The van der Waals surface area contributed by atoms with E-state index in [1.54, 1.807) is 11.3 Å². The monoisotopic (exact) mass is 416 g/mol. The fourth-order valence-electron chi connectivity index (χ4n) is 4.92. The predicted octanol–water partition coefficient (Wildman–Crippen LogP) is 2.16. The fraction of sp³-hybridized carbons (Fsp3) is 0.571. The van der Waals surface area contributed by atoms with Crippen LogP contribution in [0.4, 0.5) is 0 Å². The van der Waals surface area contributed by atoms with Crippen LogP contribution in [0.1, 0.15) is 29.9 Å². The third-order valence-electron chi connectivity index (χ3n) is 6.66. The van der Waals surface area contributed by atoms with E-state index in [0.717, 1.165) is 37.6 Å². The number of carbonyl (C=O) groups is 2. The highest BCUT2D eigenvalue weighted by atomic mass is 32.1. The zero-order chi connectivity index (χ0) is 20.6. The minimum absolute atomic E-state index is 0.129. The maximum atomic E-state index is 12.8. The van der Waals surface area contributed by atoms with Gasteiger partial charge in [-0.05, 0) is 41.7 Å². The van der Waals surface area contributed by atoms with Crippen molar-refractivity contribution in [2.45, 2.75) is 32.7 Å². The molecule has 1 amide bonds. The van der Waals surface area contributed by atoms with Crippen LogP contribution in [0.5, 0.6) is 0 Å². The molecule has 1 N–H and O–H groups in total. The summed E-state index contributed by atoms with van der Waals surface area (Å²) in [7, 11) is 2.03. The lowest BCUT2D eigenvalue weighted by Gasteiger charge is -2.29. The Bertz CT molecular complexity index is 894. The Morgan fingerprint density at radius 1 is 1.34 bits per heavy atom. The van der Waals surface area contributed by atoms with Gasteiger partial charge in [0.2, 0.25) is 5.91 Å². The van der Waals surface area contributed by atoms with E-state index in [-0.39, 0.29) is 17.7 Å². The highest BCUT2D eigenvalue weighted by Gasteiger charge is 2.53. The van der Waals surface area contributed by atoms with Crippen molar-refractivity contribution in [2.75, 3.05) is 26.2 Å². The first-order valence-electron chi connectivity index (χ1n) is 10.1. The Morgan fingerprint density at radius 3 is 2.83 bits per heavy atom. The van der Waals surface area contributed by atoms with Gasteiger partial charge in [-0.3, -0.25) is 14.5 Å². The van der Waals surface area contributed by atoms with E-state index in [1.165, 1.54) is 5.69 Å². The molecule has 2 aliphatic rings. The lowest BCUT2D eigenvalue weighted by molar-refractivity contribution is -0.137. The third kappa shape index (κ3) is 4.09. The Kier molecular flexibility index (Phi) is 5.48. The summed E-state index contributed by atoms with van der Waals surface area (Å²) in [6.45, 7) is 5.92. The second-order valence-corrected chi connectivity index (χ2v) is 9.34. The van der Waals surface area contributed by atoms with E-state index in [9.17, 15) is 14.7 Å². The molecule has 0 saturated carbocycles. The number of rotatable bonds is 7. The van der Waals surface area contributed by atoms with Gasteiger partial charge < -0.3 is 14.6 Å². The fourth-order valence-corrected chi connectivity index (χ4v) is 5.59. The molecular formula is C21H28N4O3S. The van der Waals surface area contributed by atoms with Gasteiger partial charge in [-0.15, -0.1) is 0 Å². The van der Waals surface area contributed by atoms with Crippen molar-refractivity contribution >= 4 is 23.2 Å². The average Bonchev–Trinajstić information content (AvgIpc) is 3.41. The smallest absolute Gasteiger partial charge is 0.303 e. The lowest BCUT2D eigenvalue weighted by atomic mass is 9.77. The number of nitrogens with zero attached hydrogens (tertiary/aromatic N) is 4. The number of likely N-dealkylation sites (tertiary alicyclic amines) is 2. The summed E-state index contributed by atoms with van der Waals surface area (Å²) in [5.74, 6) is 0.705. The lowest BCUT2D eigenvalue weighted by Crippen LogP contribution is -2.37. The highest BCUT2D eigenvalue weighted by molar-refractivity contribution is 7.08. The SMILES string of the molecule is Cc1ncc(CN2CC3CN(C(=O)Cc4ccsc4)CC3(CCC(=O)O)C2)n1C. The van der Waals surface area contributed by atoms with Crippen LogP contribution >= 0.6 is 11.3 Å². The second kappa shape index (κ2) is 7.91. The minimum atomic E-state index is -0.762. The number of hydrogen-bond acceptors (Lipinski definition) is 5. The topological polar surface area (TPSA) is 78.7 Å². The number of aryl methyl sites for hydroxylation is 1. The zero-order valence-corrected chi connectivity index (χ0v) is 17.8. The van der Waals surface area contributed by atoms with E-state index in [2.05, 4.69) is 14.5 Å². The maximum absolute atomic E-state index is 12.8. The Balaban J connectivity index is 1.46. The van der Waals surface area contributed by atoms with E-state index in [4.69, 9.17) is 0 Å². The molecule has 2 fully saturated rings. The van der Waals surface area contributed by atoms with E-state index >= 15 is 0 Å². The average molecular weight is 417 g/mol. The van der Waals surface area contributed by atoms with Gasteiger partial charge >= 0.3 is 5.97 Å². The molecule has 2 atom stereocenters. The van der Waals surface area contributed by atoms with Gasteiger partial charge in [0.15, 0.2) is 0 Å². The van der Waals surface area contributed by atoms with Crippen LogP contribution in [0.2, 0.25) is 0 Å². The van der Waals surface area contributed by atoms with Crippen LogP contribution in [0.25, 0.3) is 0 Å². The molecular weight excluding hydrogens is 388 g/mol. The number of aliphatic carboxylic acids is 1. The zero-order valence-electron chi connectivity index (χ0n) is 17.0. The van der Waals surface area contributed by atoms with E-state index < -0.39 is 5.97 Å². The van der Waals surface area contributed by atoms with Crippen molar-refractivity contribution in [1.82, 2.24) is 19.4 Å². The van der Waals surface area contributed by atoms with Gasteiger partial charge in [0.25, 0.3) is 0 Å². The molecule has 156 valence electrons. The van der Waals surface area contributed by atoms with Crippen LogP contribution in [0, 0.1) is 18.3 Å². The predicted molar refractivity (Wildman–Crippen MR) is 111 cm³/mol. The van der Waals surface area contributed by atoms with Crippen molar-refractivity contribution in [2.24, 2.45) is 18.4 Å². The van der Waals surface area contributed by atoms with Crippen LogP contribution in [-0.4, -0.2) is 62.5 Å². The molecule has 2 saturated heterocycles. The molecule has 2 unspecified atom stereocenters. The van der Waals surface area contributed by atoms with Crippen molar-refractivity contribution in [3.05, 3.63) is 40.1 Å². The summed E-state index contributed by atoms with van der Waals surface area (Å²) in [4.78, 5) is 32.9. The summed E-state index contributed by atoms with van der Waals surface area (Å²) in [5.41, 5.74) is 2.10. The number of carboxylic acids is 1. The van der Waals surface area contributed by atoms with Crippen molar-refractivity contribution in [3.8, 4) is 0 Å². The molecule has 0 spiro atoms. The van der Waals surface area contributed by atoms with Gasteiger partial charge in [-0.2, -0.15) is 11.3 Å². The quantitative estimate of drug-likeness (QED) is 0.748. The van der Waals surface area contributed by atoms with Gasteiger partial charge in [0, 0.05) is 57.8 Å². The number of fused-ring (bicyclic) bond motifs is 1. The van der Waals surface area contributed by atoms with Crippen molar-refractivity contribution in [1.29, 1.82) is 0 Å². The summed E-state index contributed by atoms with van der Waals surface area (Å²) in [5, 5.41) is 13.3. The number of carbonyl (C=O) groups excluding carboxylic acids is 1. The summed E-state index contributed by atoms with van der Waals surface area (Å²) in [6, 6.07) is 2.00. The molecule has 4 heterocycles. The Hall–Kier alpha value is -2.19. The third-order valence-corrected chi connectivity index (χ3v) is 7.39. The number of carboxylic acid groups (broad SMARTS) is 1. The largest absolute Gasteiger partial charge is 0.481 e. The molecule has 0 aliphatic carbocycles. The van der Waals surface area contributed by atoms with Crippen LogP contribution in [0.15, 0.2) is 23.0 Å². The standard InChI is InChI=1S/C21H28N4O3S/c1-15-22-8-18(23(15)2)11-24-9-17-10-25(19(26)7-16-4-6-29-12-16)14-21(17,13-24)5-3-20(27)28/h4,6,8,12,17H,3,5,7,9-11,13-14H2,1-2H3,(H,27,28). The first-order valence-corrected chi connectivity index (χ1v) is 11.0. The van der Waals surface area contributed by atoms with Crippen molar-refractivity contribution < 1.29 is 14.7 Å². The maximum Gasteiger partial charge on any atom is 0.303 e. The Labute approximate surface area is 175 Å². The summed E-state index contributed by atoms with van der Waals surface area (Å²) in [6.07, 6.45) is 3.13. The van der Waals surface area contributed by atoms with Gasteiger partial charge in [0.1, 0.15) is 5.82 Å². The molecule has 0 bridgehead atoms. The van der Waals surface area contributed by atoms with Crippen molar-refractivity contribution in [3.63, 3.8) is 0 Å². The first kappa shape index (κ1) is 20.1. The van der Waals surface area contributed by atoms with Crippen LogP contribution in [-0.2, 0) is 29.6 Å². The van der Waals surface area contributed by atoms with E-state index in [0.29, 0.717) is 25.3 Å². The molecule has 2 aliphatic heterocycles. The minimum Gasteiger partial charge on any atom is -0.481 e. The molecule has 0 radical (unpaired) electrons. The number of thiophene rings is 1. The number of imidazole rings is 1. The molecule has 29 heavy (non-hydrogen) atoms. The molecule has 7 nitrogen and oxygen atoms in total. The normalized spacial score (nSPS) is 24.2.